The summed E-state index contributed by atoms with van der Waals surface area (Å²) >= 11 is 6.07. The van der Waals surface area contributed by atoms with Crippen molar-refractivity contribution in [3.63, 3.8) is 0 Å². The fourth-order valence-corrected chi connectivity index (χ4v) is 6.03. The number of amides is 2. The molecule has 0 radical (unpaired) electrons. The number of benzene rings is 3. The van der Waals surface area contributed by atoms with Crippen molar-refractivity contribution in [1.29, 1.82) is 0 Å². The van der Waals surface area contributed by atoms with E-state index in [0.29, 0.717) is 23.7 Å². The van der Waals surface area contributed by atoms with Crippen molar-refractivity contribution in [2.45, 2.75) is 64.9 Å². The van der Waals surface area contributed by atoms with Crippen LogP contribution < -0.4 is 9.62 Å². The van der Waals surface area contributed by atoms with Crippen molar-refractivity contribution in [2.75, 3.05) is 17.4 Å². The molecule has 2 amide bonds. The first-order valence-corrected chi connectivity index (χ1v) is 15.3. The molecule has 0 fully saturated rings. The molecule has 3 aromatic carbocycles. The lowest BCUT2D eigenvalue weighted by Crippen LogP contribution is -2.52. The standard InChI is InChI=1S/C31H38ClN3O4S/c1-6-19-33-31(37)28(7-2)34(20-25-13-15-26(32)16-14-25)30(36)21-35(29-10-8-9-23(4)24(29)5)40(38,39)27-17-11-22(3)12-18-27/h8-18,28H,6-7,19-21H2,1-5H3,(H,33,37). The van der Waals surface area contributed by atoms with Crippen LogP contribution in [0.1, 0.15) is 48.9 Å². The number of aryl methyl sites for hydroxylation is 2. The number of hydrogen-bond donors (Lipinski definition) is 1. The minimum atomic E-state index is -4.12. The van der Waals surface area contributed by atoms with Gasteiger partial charge in [0, 0.05) is 18.1 Å². The zero-order valence-corrected chi connectivity index (χ0v) is 25.3. The van der Waals surface area contributed by atoms with Crippen molar-refractivity contribution in [3.05, 3.63) is 94.0 Å². The number of halogens is 1. The quantitative estimate of drug-likeness (QED) is 0.292. The number of carbonyl (C=O) groups is 2. The Hall–Kier alpha value is -3.36. The van der Waals surface area contributed by atoms with E-state index >= 15 is 0 Å². The molecule has 0 aliphatic rings. The van der Waals surface area contributed by atoms with Crippen molar-refractivity contribution in [1.82, 2.24) is 10.2 Å². The monoisotopic (exact) mass is 583 g/mol. The average Bonchev–Trinajstić information content (AvgIpc) is 2.93. The van der Waals surface area contributed by atoms with Crippen LogP contribution in [-0.2, 0) is 26.2 Å². The predicted octanol–water partition coefficient (Wildman–Crippen LogP) is 5.79. The fraction of sp³-hybridized carbons (Fsp3) is 0.355. The van der Waals surface area contributed by atoms with E-state index in [1.54, 1.807) is 60.7 Å². The second kappa shape index (κ2) is 13.8. The number of rotatable bonds is 12. The SMILES string of the molecule is CCCNC(=O)C(CC)N(Cc1ccc(Cl)cc1)C(=O)CN(c1cccc(C)c1C)S(=O)(=O)c1ccc(C)cc1. The molecule has 40 heavy (non-hydrogen) atoms. The molecule has 0 saturated heterocycles. The van der Waals surface area contributed by atoms with Crippen molar-refractivity contribution in [2.24, 2.45) is 0 Å². The molecule has 0 bridgehead atoms. The lowest BCUT2D eigenvalue weighted by molar-refractivity contribution is -0.140. The van der Waals surface area contributed by atoms with Gasteiger partial charge in [0.2, 0.25) is 11.8 Å². The first-order valence-electron chi connectivity index (χ1n) is 13.5. The molecule has 9 heteroatoms. The van der Waals surface area contributed by atoms with Gasteiger partial charge in [0.1, 0.15) is 12.6 Å². The third kappa shape index (κ3) is 7.43. The van der Waals surface area contributed by atoms with Gasteiger partial charge in [0.05, 0.1) is 10.6 Å². The van der Waals surface area contributed by atoms with Crippen LogP contribution in [0.15, 0.2) is 71.6 Å². The number of anilines is 1. The van der Waals surface area contributed by atoms with E-state index < -0.39 is 28.5 Å². The Morgan fingerprint density at radius 2 is 1.57 bits per heavy atom. The maximum atomic E-state index is 14.1. The minimum Gasteiger partial charge on any atom is -0.354 e. The number of nitrogens with one attached hydrogen (secondary N) is 1. The van der Waals surface area contributed by atoms with Gasteiger partial charge in [-0.15, -0.1) is 0 Å². The van der Waals surface area contributed by atoms with Crippen molar-refractivity contribution in [3.8, 4) is 0 Å². The highest BCUT2D eigenvalue weighted by atomic mass is 35.5. The third-order valence-corrected chi connectivity index (χ3v) is 8.96. The van der Waals surface area contributed by atoms with Crippen LogP contribution in [0.25, 0.3) is 0 Å². The number of carbonyl (C=O) groups excluding carboxylic acids is 2. The van der Waals surface area contributed by atoms with E-state index in [-0.39, 0.29) is 17.3 Å². The molecule has 0 saturated carbocycles. The van der Waals surface area contributed by atoms with Gasteiger partial charge in [0.25, 0.3) is 10.0 Å². The van der Waals surface area contributed by atoms with Crippen molar-refractivity contribution < 1.29 is 18.0 Å². The number of hydrogen-bond acceptors (Lipinski definition) is 4. The van der Waals surface area contributed by atoms with Crippen LogP contribution in [-0.4, -0.2) is 44.3 Å². The molecule has 0 aromatic heterocycles. The predicted molar refractivity (Wildman–Crippen MR) is 161 cm³/mol. The summed E-state index contributed by atoms with van der Waals surface area (Å²) in [5.41, 5.74) is 3.77. The van der Waals surface area contributed by atoms with Crippen molar-refractivity contribution >= 4 is 39.1 Å². The second-order valence-corrected chi connectivity index (χ2v) is 12.2. The highest BCUT2D eigenvalue weighted by Crippen LogP contribution is 2.29. The smallest absolute Gasteiger partial charge is 0.264 e. The zero-order chi connectivity index (χ0) is 29.4. The Bertz CT molecular complexity index is 1420. The molecule has 1 atom stereocenters. The van der Waals surface area contributed by atoms with Crippen LogP contribution in [0.5, 0.6) is 0 Å². The Morgan fingerprint density at radius 3 is 2.17 bits per heavy atom. The molecule has 214 valence electrons. The zero-order valence-electron chi connectivity index (χ0n) is 23.8. The Labute approximate surface area is 243 Å². The van der Waals surface area contributed by atoms with Gasteiger partial charge < -0.3 is 10.2 Å². The normalized spacial score (nSPS) is 12.1. The third-order valence-electron chi connectivity index (χ3n) is 6.93. The summed E-state index contributed by atoms with van der Waals surface area (Å²) in [5, 5.41) is 3.45. The fourth-order valence-electron chi connectivity index (χ4n) is 4.43. The molecule has 3 rings (SSSR count). The molecular weight excluding hydrogens is 546 g/mol. The summed E-state index contributed by atoms with van der Waals surface area (Å²) in [6.45, 7) is 9.55. The van der Waals surface area contributed by atoms with E-state index in [4.69, 9.17) is 11.6 Å². The minimum absolute atomic E-state index is 0.0868. The Morgan fingerprint density at radius 1 is 0.925 bits per heavy atom. The topological polar surface area (TPSA) is 86.8 Å². The average molecular weight is 584 g/mol. The highest BCUT2D eigenvalue weighted by Gasteiger charge is 2.34. The highest BCUT2D eigenvalue weighted by molar-refractivity contribution is 7.92. The maximum Gasteiger partial charge on any atom is 0.264 e. The largest absolute Gasteiger partial charge is 0.354 e. The van der Waals surface area contributed by atoms with Gasteiger partial charge in [-0.1, -0.05) is 67.4 Å². The number of nitrogens with zero attached hydrogens (tertiary/aromatic N) is 2. The summed E-state index contributed by atoms with van der Waals surface area (Å²) in [4.78, 5) is 28.8. The Kier molecular flexibility index (Phi) is 10.8. The number of sulfonamides is 1. The first kappa shape index (κ1) is 31.2. The lowest BCUT2D eigenvalue weighted by Gasteiger charge is -2.33. The van der Waals surface area contributed by atoms with Gasteiger partial charge in [-0.25, -0.2) is 8.42 Å². The molecule has 7 nitrogen and oxygen atoms in total. The molecule has 0 heterocycles. The second-order valence-electron chi connectivity index (χ2n) is 9.91. The first-order chi connectivity index (χ1) is 19.0. The van der Waals surface area contributed by atoms with Gasteiger partial charge >= 0.3 is 0 Å². The molecule has 1 unspecified atom stereocenters. The van der Waals surface area contributed by atoms with E-state index in [2.05, 4.69) is 5.32 Å². The summed E-state index contributed by atoms with van der Waals surface area (Å²) < 4.78 is 29.2. The summed E-state index contributed by atoms with van der Waals surface area (Å²) in [5.74, 6) is -0.753. The van der Waals surface area contributed by atoms with Gasteiger partial charge in [-0.05, 0) is 80.6 Å². The molecule has 0 aliphatic heterocycles. The van der Waals surface area contributed by atoms with Gasteiger partial charge in [-0.2, -0.15) is 0 Å². The van der Waals surface area contributed by atoms with E-state index in [1.165, 1.54) is 4.90 Å². The lowest BCUT2D eigenvalue weighted by atomic mass is 10.1. The van der Waals surface area contributed by atoms with Crippen LogP contribution in [0, 0.1) is 20.8 Å². The van der Waals surface area contributed by atoms with E-state index in [9.17, 15) is 18.0 Å². The maximum absolute atomic E-state index is 14.1. The molecule has 0 aliphatic carbocycles. The van der Waals surface area contributed by atoms with Gasteiger partial charge in [-0.3, -0.25) is 13.9 Å². The molecule has 1 N–H and O–H groups in total. The Balaban J connectivity index is 2.09. The molecule has 0 spiro atoms. The van der Waals surface area contributed by atoms with Crippen LogP contribution >= 0.6 is 11.6 Å². The summed E-state index contributed by atoms with van der Waals surface area (Å²) in [7, 11) is -4.12. The van der Waals surface area contributed by atoms with E-state index in [0.717, 1.165) is 33.0 Å². The van der Waals surface area contributed by atoms with Crippen LogP contribution in [0.3, 0.4) is 0 Å². The van der Waals surface area contributed by atoms with Crippen LogP contribution in [0.4, 0.5) is 5.69 Å². The summed E-state index contributed by atoms with van der Waals surface area (Å²) in [6.07, 6.45) is 1.12. The molecular formula is C31H38ClN3O4S. The van der Waals surface area contributed by atoms with Crippen LogP contribution in [0.2, 0.25) is 5.02 Å². The molecule has 3 aromatic rings. The summed E-state index contributed by atoms with van der Waals surface area (Å²) in [6, 6.07) is 18.2. The van der Waals surface area contributed by atoms with E-state index in [1.807, 2.05) is 40.7 Å². The van der Waals surface area contributed by atoms with Gasteiger partial charge in [0.15, 0.2) is 0 Å².